The average molecular weight is 413 g/mol. The van der Waals surface area contributed by atoms with Crippen LogP contribution in [0.5, 0.6) is 0 Å². The molecule has 0 aliphatic rings. The first-order valence-electron chi connectivity index (χ1n) is 7.06. The predicted octanol–water partition coefficient (Wildman–Crippen LogP) is 4.00. The molecule has 0 heterocycles. The first-order valence-corrected chi connectivity index (χ1v) is 8.23. The second kappa shape index (κ2) is 8.82. The molecule has 0 radical (unpaired) electrons. The summed E-state index contributed by atoms with van der Waals surface area (Å²) in [6.07, 6.45) is 0. The van der Waals surface area contributed by atoms with Gasteiger partial charge in [0.1, 0.15) is 6.61 Å². The molecular weight excluding hydrogens is 398 g/mol. The average Bonchev–Trinajstić information content (AvgIpc) is 2.56. The maximum atomic E-state index is 11.8. The third kappa shape index (κ3) is 5.63. The molecule has 0 atom stereocenters. The zero-order valence-electron chi connectivity index (χ0n) is 12.6. The van der Waals surface area contributed by atoms with Crippen molar-refractivity contribution < 1.29 is 19.4 Å². The lowest BCUT2D eigenvalue weighted by Gasteiger charge is -2.08. The van der Waals surface area contributed by atoms with Crippen molar-refractivity contribution >= 4 is 45.0 Å². The van der Waals surface area contributed by atoms with E-state index >= 15 is 0 Å². The Morgan fingerprint density at radius 3 is 2.71 bits per heavy atom. The van der Waals surface area contributed by atoms with Crippen LogP contribution in [0.2, 0.25) is 5.02 Å². The van der Waals surface area contributed by atoms with Crippen LogP contribution >= 0.6 is 27.5 Å². The Kier molecular flexibility index (Phi) is 6.78. The molecule has 0 bridgehead atoms. The van der Waals surface area contributed by atoms with Crippen molar-refractivity contribution in [3.63, 3.8) is 0 Å². The van der Waals surface area contributed by atoms with Crippen LogP contribution in [0, 0.1) is 0 Å². The van der Waals surface area contributed by atoms with E-state index in [9.17, 15) is 9.59 Å². The zero-order chi connectivity index (χ0) is 17.5. The third-order valence-electron chi connectivity index (χ3n) is 3.11. The lowest BCUT2D eigenvalue weighted by molar-refractivity contribution is -0.122. The summed E-state index contributed by atoms with van der Waals surface area (Å²) in [5.41, 5.74) is 1.64. The minimum atomic E-state index is -1.01. The van der Waals surface area contributed by atoms with E-state index in [-0.39, 0.29) is 24.5 Å². The summed E-state index contributed by atoms with van der Waals surface area (Å²) in [6, 6.07) is 11.7. The fourth-order valence-corrected chi connectivity index (χ4v) is 2.47. The summed E-state index contributed by atoms with van der Waals surface area (Å²) in [7, 11) is 0. The highest BCUT2D eigenvalue weighted by atomic mass is 79.9. The van der Waals surface area contributed by atoms with E-state index in [0.29, 0.717) is 17.3 Å². The van der Waals surface area contributed by atoms with Crippen molar-refractivity contribution in [3.8, 4) is 0 Å². The van der Waals surface area contributed by atoms with Crippen molar-refractivity contribution in [2.45, 2.75) is 6.61 Å². The highest BCUT2D eigenvalue weighted by molar-refractivity contribution is 9.10. The summed E-state index contributed by atoms with van der Waals surface area (Å²) >= 11 is 9.24. The maximum absolute atomic E-state index is 11.8. The highest BCUT2D eigenvalue weighted by Crippen LogP contribution is 2.23. The lowest BCUT2D eigenvalue weighted by atomic mass is 10.2. The molecule has 0 aliphatic carbocycles. The predicted molar refractivity (Wildman–Crippen MR) is 95.7 cm³/mol. The van der Waals surface area contributed by atoms with Crippen molar-refractivity contribution in [3.05, 3.63) is 63.1 Å². The summed E-state index contributed by atoms with van der Waals surface area (Å²) in [5, 5.41) is 12.4. The number of carbonyl (C=O) groups is 2. The van der Waals surface area contributed by atoms with E-state index < -0.39 is 5.97 Å². The smallest absolute Gasteiger partial charge is 0.335 e. The van der Waals surface area contributed by atoms with E-state index in [0.717, 1.165) is 10.0 Å². The molecule has 7 heteroatoms. The van der Waals surface area contributed by atoms with Gasteiger partial charge in [0.05, 0.1) is 23.7 Å². The highest BCUT2D eigenvalue weighted by Gasteiger charge is 2.06. The Morgan fingerprint density at radius 1 is 1.21 bits per heavy atom. The maximum Gasteiger partial charge on any atom is 0.335 e. The largest absolute Gasteiger partial charge is 0.478 e. The number of anilines is 1. The molecule has 0 saturated heterocycles. The number of carbonyl (C=O) groups excluding carboxylic acids is 1. The molecule has 2 aromatic rings. The molecule has 24 heavy (non-hydrogen) atoms. The Hall–Kier alpha value is -1.89. The van der Waals surface area contributed by atoms with Gasteiger partial charge in [-0.15, -0.1) is 0 Å². The van der Waals surface area contributed by atoms with Crippen LogP contribution < -0.4 is 5.32 Å². The monoisotopic (exact) mass is 411 g/mol. The van der Waals surface area contributed by atoms with Gasteiger partial charge < -0.3 is 15.2 Å². The van der Waals surface area contributed by atoms with Gasteiger partial charge in [0.15, 0.2) is 5.78 Å². The zero-order valence-corrected chi connectivity index (χ0v) is 14.9. The van der Waals surface area contributed by atoms with Gasteiger partial charge in [-0.3, -0.25) is 4.79 Å². The molecule has 0 spiro atoms. The second-order valence-corrected chi connectivity index (χ2v) is 6.28. The fraction of sp³-hybridized carbons (Fsp3) is 0.176. The third-order valence-corrected chi connectivity index (χ3v) is 4.33. The number of aromatic carboxylic acids is 1. The van der Waals surface area contributed by atoms with Gasteiger partial charge in [0, 0.05) is 10.2 Å². The van der Waals surface area contributed by atoms with Crippen LogP contribution in [0.3, 0.4) is 0 Å². The first kappa shape index (κ1) is 18.4. The lowest BCUT2D eigenvalue weighted by Crippen LogP contribution is -2.19. The van der Waals surface area contributed by atoms with Gasteiger partial charge in [-0.25, -0.2) is 4.79 Å². The first-order chi connectivity index (χ1) is 11.5. The normalized spacial score (nSPS) is 10.4. The number of Topliss-reactive ketones (excluding diaryl/α,β-unsaturated/α-hetero) is 1. The Bertz CT molecular complexity index is 751. The standard InChI is InChI=1S/C17H15BrClNO4/c18-15-6-11(4-5-16(15)19)9-24-10-14(21)8-20-13-3-1-2-12(7-13)17(22)23/h1-7,20H,8-10H2,(H,22,23). The fourth-order valence-electron chi connectivity index (χ4n) is 1.93. The summed E-state index contributed by atoms with van der Waals surface area (Å²) in [4.78, 5) is 22.7. The van der Waals surface area contributed by atoms with E-state index in [1.54, 1.807) is 18.2 Å². The van der Waals surface area contributed by atoms with Gasteiger partial charge in [0.25, 0.3) is 0 Å². The number of hydrogen-bond acceptors (Lipinski definition) is 4. The SMILES string of the molecule is O=C(CNc1cccc(C(=O)O)c1)COCc1ccc(Cl)c(Br)c1. The van der Waals surface area contributed by atoms with Crippen molar-refractivity contribution in [1.29, 1.82) is 0 Å². The summed E-state index contributed by atoms with van der Waals surface area (Å²) in [6.45, 7) is 0.329. The molecule has 2 N–H and O–H groups in total. The molecule has 2 aromatic carbocycles. The molecular formula is C17H15BrClNO4. The number of hydrogen-bond donors (Lipinski definition) is 2. The van der Waals surface area contributed by atoms with Gasteiger partial charge in [-0.1, -0.05) is 23.7 Å². The van der Waals surface area contributed by atoms with E-state index in [2.05, 4.69) is 21.2 Å². The second-order valence-electron chi connectivity index (χ2n) is 5.02. The number of carboxylic acids is 1. The van der Waals surface area contributed by atoms with Gasteiger partial charge in [-0.2, -0.15) is 0 Å². The number of nitrogens with one attached hydrogen (secondary N) is 1. The molecule has 126 valence electrons. The summed E-state index contributed by atoms with van der Waals surface area (Å²) in [5.74, 6) is -1.15. The van der Waals surface area contributed by atoms with Crippen LogP contribution in [0.25, 0.3) is 0 Å². The van der Waals surface area contributed by atoms with Gasteiger partial charge in [-0.05, 0) is 51.8 Å². The summed E-state index contributed by atoms with van der Waals surface area (Å²) < 4.78 is 6.15. The number of halogens is 2. The topological polar surface area (TPSA) is 75.6 Å². The molecule has 5 nitrogen and oxygen atoms in total. The quantitative estimate of drug-likeness (QED) is 0.685. The number of benzene rings is 2. The van der Waals surface area contributed by atoms with Crippen LogP contribution in [0.15, 0.2) is 46.9 Å². The number of ketones is 1. The van der Waals surface area contributed by atoms with E-state index in [1.807, 2.05) is 12.1 Å². The van der Waals surface area contributed by atoms with E-state index in [1.165, 1.54) is 12.1 Å². The van der Waals surface area contributed by atoms with Gasteiger partial charge >= 0.3 is 5.97 Å². The Morgan fingerprint density at radius 2 is 2.00 bits per heavy atom. The minimum absolute atomic E-state index is 0.0358. The molecule has 0 aromatic heterocycles. The molecule has 2 rings (SSSR count). The molecule has 0 amide bonds. The minimum Gasteiger partial charge on any atom is -0.478 e. The van der Waals surface area contributed by atoms with Crippen LogP contribution in [0.4, 0.5) is 5.69 Å². The molecule has 0 fully saturated rings. The Balaban J connectivity index is 1.76. The molecule has 0 saturated carbocycles. The van der Waals surface area contributed by atoms with Gasteiger partial charge in [0.2, 0.25) is 0 Å². The number of rotatable bonds is 8. The number of carboxylic acid groups (broad SMARTS) is 1. The molecule has 0 aliphatic heterocycles. The number of ether oxygens (including phenoxy) is 1. The van der Waals surface area contributed by atoms with E-state index in [4.69, 9.17) is 21.4 Å². The Labute approximate surface area is 152 Å². The molecule has 0 unspecified atom stereocenters. The van der Waals surface area contributed by atoms with Crippen LogP contribution in [-0.2, 0) is 16.1 Å². The van der Waals surface area contributed by atoms with Crippen LogP contribution in [0.1, 0.15) is 15.9 Å². The van der Waals surface area contributed by atoms with Crippen molar-refractivity contribution in [1.82, 2.24) is 0 Å². The van der Waals surface area contributed by atoms with Crippen LogP contribution in [-0.4, -0.2) is 30.0 Å². The van der Waals surface area contributed by atoms with Crippen molar-refractivity contribution in [2.75, 3.05) is 18.5 Å². The van der Waals surface area contributed by atoms with Crippen molar-refractivity contribution in [2.24, 2.45) is 0 Å².